The van der Waals surface area contributed by atoms with Crippen LogP contribution in [0.1, 0.15) is 31.7 Å². The maximum atomic E-state index is 12.0. The molecule has 1 fully saturated rings. The van der Waals surface area contributed by atoms with Gasteiger partial charge in [-0.15, -0.1) is 0 Å². The Labute approximate surface area is 126 Å². The van der Waals surface area contributed by atoms with Crippen LogP contribution in [0.4, 0.5) is 0 Å². The molecule has 3 rings (SSSR count). The van der Waals surface area contributed by atoms with Crippen LogP contribution >= 0.6 is 0 Å². The average molecular weight is 276 g/mol. The standard InChI is InChI=1S/C20H20O/c1-15-7-10-19(20(21)13-15)14-16-8-11-18(12-9-16)17-5-3-2-4-6-17/h2-6,8-9,11-12,14-15H,7,10,13H2,1H3/b19-14-. The third-order valence-corrected chi connectivity index (χ3v) is 4.16. The first kappa shape index (κ1) is 13.8. The Morgan fingerprint density at radius 3 is 2.29 bits per heavy atom. The lowest BCUT2D eigenvalue weighted by Crippen LogP contribution is -2.15. The minimum atomic E-state index is 0.320. The van der Waals surface area contributed by atoms with E-state index in [1.54, 1.807) is 0 Å². The van der Waals surface area contributed by atoms with Gasteiger partial charge in [0.2, 0.25) is 0 Å². The largest absolute Gasteiger partial charge is 0.295 e. The van der Waals surface area contributed by atoms with Crippen molar-refractivity contribution in [3.63, 3.8) is 0 Å². The van der Waals surface area contributed by atoms with Gasteiger partial charge >= 0.3 is 0 Å². The molecule has 0 amide bonds. The van der Waals surface area contributed by atoms with Crippen LogP contribution in [0.5, 0.6) is 0 Å². The van der Waals surface area contributed by atoms with Gasteiger partial charge in [0.25, 0.3) is 0 Å². The predicted octanol–water partition coefficient (Wildman–Crippen LogP) is 5.13. The van der Waals surface area contributed by atoms with E-state index in [0.717, 1.165) is 24.0 Å². The third kappa shape index (κ3) is 3.30. The van der Waals surface area contributed by atoms with Gasteiger partial charge in [-0.05, 0) is 47.1 Å². The second-order valence-corrected chi connectivity index (χ2v) is 5.93. The highest BCUT2D eigenvalue weighted by atomic mass is 16.1. The Hall–Kier alpha value is -2.15. The van der Waals surface area contributed by atoms with Crippen molar-refractivity contribution in [3.8, 4) is 11.1 Å². The van der Waals surface area contributed by atoms with Gasteiger partial charge in [0.05, 0.1) is 0 Å². The van der Waals surface area contributed by atoms with Gasteiger partial charge in [-0.2, -0.15) is 0 Å². The molecule has 1 atom stereocenters. The Balaban J connectivity index is 1.80. The lowest BCUT2D eigenvalue weighted by atomic mass is 9.85. The predicted molar refractivity (Wildman–Crippen MR) is 87.9 cm³/mol. The van der Waals surface area contributed by atoms with Gasteiger partial charge in [0.1, 0.15) is 0 Å². The van der Waals surface area contributed by atoms with E-state index in [1.165, 1.54) is 11.1 Å². The molecule has 0 saturated heterocycles. The molecule has 2 aromatic rings. The quantitative estimate of drug-likeness (QED) is 0.695. The summed E-state index contributed by atoms with van der Waals surface area (Å²) in [6.45, 7) is 2.16. The number of carbonyl (C=O) groups excluding carboxylic acids is 1. The Morgan fingerprint density at radius 2 is 1.62 bits per heavy atom. The molecule has 0 N–H and O–H groups in total. The van der Waals surface area contributed by atoms with Crippen molar-refractivity contribution in [2.75, 3.05) is 0 Å². The molecule has 1 nitrogen and oxygen atoms in total. The molecule has 0 radical (unpaired) electrons. The molecule has 1 aliphatic carbocycles. The molecule has 1 heteroatoms. The molecule has 0 bridgehead atoms. The van der Waals surface area contributed by atoms with E-state index in [4.69, 9.17) is 0 Å². The van der Waals surface area contributed by atoms with E-state index in [9.17, 15) is 4.79 Å². The molecule has 1 aliphatic rings. The summed E-state index contributed by atoms with van der Waals surface area (Å²) < 4.78 is 0. The first-order valence-electron chi connectivity index (χ1n) is 7.61. The van der Waals surface area contributed by atoms with E-state index >= 15 is 0 Å². The molecular weight excluding hydrogens is 256 g/mol. The van der Waals surface area contributed by atoms with Gasteiger partial charge in [0, 0.05) is 6.42 Å². The van der Waals surface area contributed by atoms with Crippen LogP contribution in [0.2, 0.25) is 0 Å². The van der Waals surface area contributed by atoms with E-state index in [1.807, 2.05) is 18.2 Å². The highest BCUT2D eigenvalue weighted by Crippen LogP contribution is 2.27. The Morgan fingerprint density at radius 1 is 0.952 bits per heavy atom. The maximum absolute atomic E-state index is 12.0. The summed E-state index contributed by atoms with van der Waals surface area (Å²) >= 11 is 0. The van der Waals surface area contributed by atoms with Crippen LogP contribution in [-0.2, 0) is 4.79 Å². The number of carbonyl (C=O) groups is 1. The van der Waals surface area contributed by atoms with E-state index in [-0.39, 0.29) is 0 Å². The molecular formula is C20H20O. The summed E-state index contributed by atoms with van der Waals surface area (Å²) in [6.07, 6.45) is 4.80. The van der Waals surface area contributed by atoms with Crippen molar-refractivity contribution in [2.45, 2.75) is 26.2 Å². The third-order valence-electron chi connectivity index (χ3n) is 4.16. The summed E-state index contributed by atoms with van der Waals surface area (Å²) in [7, 11) is 0. The Kier molecular flexibility index (Phi) is 4.01. The maximum Gasteiger partial charge on any atom is 0.159 e. The highest BCUT2D eigenvalue weighted by molar-refractivity contribution is 6.00. The lowest BCUT2D eigenvalue weighted by molar-refractivity contribution is -0.117. The van der Waals surface area contributed by atoms with Crippen LogP contribution < -0.4 is 0 Å². The first-order chi connectivity index (χ1) is 10.2. The van der Waals surface area contributed by atoms with Gasteiger partial charge in [0.15, 0.2) is 5.78 Å². The first-order valence-corrected chi connectivity index (χ1v) is 7.61. The van der Waals surface area contributed by atoms with Crippen LogP contribution in [0.3, 0.4) is 0 Å². The van der Waals surface area contributed by atoms with Crippen LogP contribution in [0.15, 0.2) is 60.2 Å². The number of hydrogen-bond donors (Lipinski definition) is 0. The Bertz CT molecular complexity index is 650. The van der Waals surface area contributed by atoms with Gasteiger partial charge in [-0.1, -0.05) is 61.5 Å². The zero-order valence-electron chi connectivity index (χ0n) is 12.4. The average Bonchev–Trinajstić information content (AvgIpc) is 2.52. The fraction of sp³-hybridized carbons (Fsp3) is 0.250. The monoisotopic (exact) mass is 276 g/mol. The fourth-order valence-electron chi connectivity index (χ4n) is 2.85. The van der Waals surface area contributed by atoms with Crippen molar-refractivity contribution in [3.05, 3.63) is 65.7 Å². The minimum Gasteiger partial charge on any atom is -0.295 e. The second-order valence-electron chi connectivity index (χ2n) is 5.93. The lowest BCUT2D eigenvalue weighted by Gasteiger charge is -2.19. The normalized spacial score (nSPS) is 20.7. The van der Waals surface area contributed by atoms with Crippen molar-refractivity contribution >= 4 is 11.9 Å². The molecule has 0 heterocycles. The number of Topliss-reactive ketones (excluding diaryl/α,β-unsaturated/α-hetero) is 1. The SMILES string of the molecule is CC1CC/C(=C/c2ccc(-c3ccccc3)cc2)C(=O)C1. The van der Waals surface area contributed by atoms with E-state index in [0.29, 0.717) is 18.1 Å². The number of ketones is 1. The summed E-state index contributed by atoms with van der Waals surface area (Å²) in [6, 6.07) is 18.8. The topological polar surface area (TPSA) is 17.1 Å². The van der Waals surface area contributed by atoms with Crippen molar-refractivity contribution < 1.29 is 4.79 Å². The molecule has 0 aliphatic heterocycles. The number of benzene rings is 2. The zero-order valence-corrected chi connectivity index (χ0v) is 12.4. The van der Waals surface area contributed by atoms with Crippen molar-refractivity contribution in [2.24, 2.45) is 5.92 Å². The summed E-state index contributed by atoms with van der Waals surface area (Å²) in [4.78, 5) is 12.0. The minimum absolute atomic E-state index is 0.320. The highest BCUT2D eigenvalue weighted by Gasteiger charge is 2.20. The molecule has 106 valence electrons. The molecule has 21 heavy (non-hydrogen) atoms. The van der Waals surface area contributed by atoms with E-state index in [2.05, 4.69) is 49.4 Å². The molecule has 1 saturated carbocycles. The van der Waals surface area contributed by atoms with Crippen LogP contribution in [0.25, 0.3) is 17.2 Å². The van der Waals surface area contributed by atoms with Gasteiger partial charge in [-0.3, -0.25) is 4.79 Å². The van der Waals surface area contributed by atoms with Crippen molar-refractivity contribution in [1.29, 1.82) is 0 Å². The summed E-state index contributed by atoms with van der Waals surface area (Å²) in [5, 5.41) is 0. The van der Waals surface area contributed by atoms with Gasteiger partial charge in [-0.25, -0.2) is 0 Å². The molecule has 1 unspecified atom stereocenters. The van der Waals surface area contributed by atoms with Gasteiger partial charge < -0.3 is 0 Å². The zero-order chi connectivity index (χ0) is 14.7. The molecule has 2 aromatic carbocycles. The van der Waals surface area contributed by atoms with E-state index < -0.39 is 0 Å². The van der Waals surface area contributed by atoms with Crippen LogP contribution in [-0.4, -0.2) is 5.78 Å². The number of hydrogen-bond acceptors (Lipinski definition) is 1. The number of allylic oxidation sites excluding steroid dienone is 1. The van der Waals surface area contributed by atoms with Crippen molar-refractivity contribution in [1.82, 2.24) is 0 Å². The molecule has 0 aromatic heterocycles. The number of rotatable bonds is 2. The van der Waals surface area contributed by atoms with Crippen LogP contribution in [0, 0.1) is 5.92 Å². The molecule has 0 spiro atoms. The summed E-state index contributed by atoms with van der Waals surface area (Å²) in [5.41, 5.74) is 4.54. The summed E-state index contributed by atoms with van der Waals surface area (Å²) in [5.74, 6) is 0.857. The fourth-order valence-corrected chi connectivity index (χ4v) is 2.85. The second kappa shape index (κ2) is 6.09. The smallest absolute Gasteiger partial charge is 0.159 e.